The molecular weight excluding hydrogens is 280 g/mol. The topological polar surface area (TPSA) is 67.4 Å². The van der Waals surface area contributed by atoms with Gasteiger partial charge >= 0.3 is 0 Å². The van der Waals surface area contributed by atoms with Gasteiger partial charge < -0.3 is 15.4 Å². The molecule has 0 aliphatic rings. The van der Waals surface area contributed by atoms with Gasteiger partial charge in [-0.3, -0.25) is 9.59 Å². The molecule has 2 amide bonds. The van der Waals surface area contributed by atoms with Crippen molar-refractivity contribution < 1.29 is 14.3 Å². The summed E-state index contributed by atoms with van der Waals surface area (Å²) in [6.45, 7) is 0.678. The number of ether oxygens (including phenoxy) is 1. The van der Waals surface area contributed by atoms with E-state index < -0.39 is 0 Å². The number of carbonyl (C=O) groups excluding carboxylic acids is 2. The molecule has 2 aromatic carbocycles. The Hall–Kier alpha value is -2.82. The van der Waals surface area contributed by atoms with Crippen LogP contribution in [0.5, 0.6) is 5.75 Å². The third-order valence-electron chi connectivity index (χ3n) is 2.88. The van der Waals surface area contributed by atoms with Gasteiger partial charge in [0, 0.05) is 18.7 Å². The molecule has 0 spiro atoms. The average molecular weight is 298 g/mol. The van der Waals surface area contributed by atoms with Crippen molar-refractivity contribution in [1.82, 2.24) is 10.6 Å². The van der Waals surface area contributed by atoms with Crippen molar-refractivity contribution in [2.45, 2.75) is 0 Å². The number of hydrogen-bond donors (Lipinski definition) is 2. The molecule has 0 unspecified atom stereocenters. The second-order valence-electron chi connectivity index (χ2n) is 4.57. The van der Waals surface area contributed by atoms with Crippen LogP contribution in [0.25, 0.3) is 0 Å². The first-order chi connectivity index (χ1) is 10.8. The molecule has 0 aromatic heterocycles. The zero-order chi connectivity index (χ0) is 15.6. The van der Waals surface area contributed by atoms with Gasteiger partial charge in [-0.1, -0.05) is 36.4 Å². The van der Waals surface area contributed by atoms with E-state index in [-0.39, 0.29) is 18.4 Å². The van der Waals surface area contributed by atoms with E-state index in [0.29, 0.717) is 24.4 Å². The summed E-state index contributed by atoms with van der Waals surface area (Å²) in [5, 5.41) is 5.41. The van der Waals surface area contributed by atoms with E-state index in [1.165, 1.54) is 0 Å². The fourth-order valence-corrected chi connectivity index (χ4v) is 1.79. The SMILES string of the molecule is O=C(COc1ccccc1)NCCNC(=O)c1ccccc1. The molecule has 2 rings (SSSR count). The van der Waals surface area contributed by atoms with Crippen molar-refractivity contribution in [3.8, 4) is 5.75 Å². The Bertz CT molecular complexity index is 600. The number of amides is 2. The van der Waals surface area contributed by atoms with Gasteiger partial charge in [0.15, 0.2) is 6.61 Å². The Morgan fingerprint density at radius 2 is 1.41 bits per heavy atom. The fraction of sp³-hybridized carbons (Fsp3) is 0.176. The van der Waals surface area contributed by atoms with E-state index in [2.05, 4.69) is 10.6 Å². The molecule has 0 bridgehead atoms. The van der Waals surface area contributed by atoms with Gasteiger partial charge in [-0.25, -0.2) is 0 Å². The molecule has 5 heteroatoms. The molecule has 0 heterocycles. The molecule has 5 nitrogen and oxygen atoms in total. The van der Waals surface area contributed by atoms with E-state index in [4.69, 9.17) is 4.74 Å². The van der Waals surface area contributed by atoms with E-state index in [1.807, 2.05) is 24.3 Å². The molecule has 0 saturated heterocycles. The highest BCUT2D eigenvalue weighted by atomic mass is 16.5. The summed E-state index contributed by atoms with van der Waals surface area (Å²) in [5.74, 6) is 0.267. The maximum atomic E-state index is 11.8. The minimum atomic E-state index is -0.224. The standard InChI is InChI=1S/C17H18N2O3/c20-16(13-22-15-9-5-2-6-10-15)18-11-12-19-17(21)14-7-3-1-4-8-14/h1-10H,11-13H2,(H,18,20)(H,19,21). The lowest BCUT2D eigenvalue weighted by atomic mass is 10.2. The summed E-state index contributed by atoms with van der Waals surface area (Å²) in [5.41, 5.74) is 0.598. The quantitative estimate of drug-likeness (QED) is 0.763. The number of carbonyl (C=O) groups is 2. The third-order valence-corrected chi connectivity index (χ3v) is 2.88. The summed E-state index contributed by atoms with van der Waals surface area (Å²) < 4.78 is 5.32. The van der Waals surface area contributed by atoms with Crippen LogP contribution < -0.4 is 15.4 Å². The lowest BCUT2D eigenvalue weighted by molar-refractivity contribution is -0.123. The second-order valence-corrected chi connectivity index (χ2v) is 4.57. The summed E-state index contributed by atoms with van der Waals surface area (Å²) >= 11 is 0. The van der Waals surface area contributed by atoms with Crippen molar-refractivity contribution in [2.75, 3.05) is 19.7 Å². The van der Waals surface area contributed by atoms with Crippen LogP contribution in [0.4, 0.5) is 0 Å². The normalized spacial score (nSPS) is 9.82. The van der Waals surface area contributed by atoms with Gasteiger partial charge in [-0.05, 0) is 24.3 Å². The number of hydrogen-bond acceptors (Lipinski definition) is 3. The first-order valence-electron chi connectivity index (χ1n) is 7.03. The smallest absolute Gasteiger partial charge is 0.258 e. The first kappa shape index (κ1) is 15.6. The Kier molecular flexibility index (Phi) is 5.99. The summed E-state index contributed by atoms with van der Waals surface area (Å²) in [6.07, 6.45) is 0. The first-order valence-corrected chi connectivity index (χ1v) is 7.03. The Morgan fingerprint density at radius 3 is 2.09 bits per heavy atom. The predicted molar refractivity (Wildman–Crippen MR) is 83.7 cm³/mol. The van der Waals surface area contributed by atoms with Crippen LogP contribution in [-0.2, 0) is 4.79 Å². The minimum absolute atomic E-state index is 0.0450. The number of para-hydroxylation sites is 1. The zero-order valence-electron chi connectivity index (χ0n) is 12.1. The summed E-state index contributed by atoms with van der Waals surface area (Å²) in [7, 11) is 0. The van der Waals surface area contributed by atoms with Crippen LogP contribution in [0.3, 0.4) is 0 Å². The lowest BCUT2D eigenvalue weighted by Gasteiger charge is -2.08. The Labute approximate surface area is 129 Å². The highest BCUT2D eigenvalue weighted by Gasteiger charge is 2.04. The highest BCUT2D eigenvalue weighted by Crippen LogP contribution is 2.07. The summed E-state index contributed by atoms with van der Waals surface area (Å²) in [4.78, 5) is 23.3. The van der Waals surface area contributed by atoms with Crippen LogP contribution in [0.2, 0.25) is 0 Å². The third kappa shape index (κ3) is 5.28. The number of nitrogens with one attached hydrogen (secondary N) is 2. The van der Waals surface area contributed by atoms with Crippen molar-refractivity contribution in [1.29, 1.82) is 0 Å². The average Bonchev–Trinajstić information content (AvgIpc) is 2.58. The van der Waals surface area contributed by atoms with Gasteiger partial charge in [0.25, 0.3) is 11.8 Å². The maximum Gasteiger partial charge on any atom is 0.258 e. The number of benzene rings is 2. The largest absolute Gasteiger partial charge is 0.484 e. The van der Waals surface area contributed by atoms with Crippen molar-refractivity contribution in [2.24, 2.45) is 0 Å². The van der Waals surface area contributed by atoms with E-state index >= 15 is 0 Å². The molecule has 0 radical (unpaired) electrons. The zero-order valence-corrected chi connectivity index (χ0v) is 12.1. The van der Waals surface area contributed by atoms with Crippen molar-refractivity contribution >= 4 is 11.8 Å². The molecule has 0 aliphatic carbocycles. The number of rotatable bonds is 7. The predicted octanol–water partition coefficient (Wildman–Crippen LogP) is 1.61. The van der Waals surface area contributed by atoms with Gasteiger partial charge in [-0.2, -0.15) is 0 Å². The lowest BCUT2D eigenvalue weighted by Crippen LogP contribution is -2.36. The molecule has 22 heavy (non-hydrogen) atoms. The fourth-order valence-electron chi connectivity index (χ4n) is 1.79. The Morgan fingerprint density at radius 1 is 0.818 bits per heavy atom. The van der Waals surface area contributed by atoms with E-state index in [1.54, 1.807) is 36.4 Å². The van der Waals surface area contributed by atoms with Crippen molar-refractivity contribution in [3.63, 3.8) is 0 Å². The molecule has 0 saturated carbocycles. The molecule has 114 valence electrons. The second kappa shape index (κ2) is 8.46. The van der Waals surface area contributed by atoms with E-state index in [9.17, 15) is 9.59 Å². The van der Waals surface area contributed by atoms with Crippen LogP contribution in [0, 0.1) is 0 Å². The van der Waals surface area contributed by atoms with Crippen LogP contribution in [0.1, 0.15) is 10.4 Å². The molecule has 0 atom stereocenters. The minimum Gasteiger partial charge on any atom is -0.484 e. The van der Waals surface area contributed by atoms with Crippen LogP contribution in [-0.4, -0.2) is 31.5 Å². The van der Waals surface area contributed by atoms with Gasteiger partial charge in [0.2, 0.25) is 0 Å². The molecule has 2 aromatic rings. The molecule has 0 fully saturated rings. The highest BCUT2D eigenvalue weighted by molar-refractivity contribution is 5.94. The van der Waals surface area contributed by atoms with Gasteiger partial charge in [0.1, 0.15) is 5.75 Å². The summed E-state index contributed by atoms with van der Waals surface area (Å²) in [6, 6.07) is 18.1. The van der Waals surface area contributed by atoms with Crippen LogP contribution in [0.15, 0.2) is 60.7 Å². The van der Waals surface area contributed by atoms with E-state index in [0.717, 1.165) is 0 Å². The monoisotopic (exact) mass is 298 g/mol. The molecule has 2 N–H and O–H groups in total. The van der Waals surface area contributed by atoms with Gasteiger partial charge in [-0.15, -0.1) is 0 Å². The maximum absolute atomic E-state index is 11.8. The van der Waals surface area contributed by atoms with Crippen molar-refractivity contribution in [3.05, 3.63) is 66.2 Å². The van der Waals surface area contributed by atoms with Crippen LogP contribution >= 0.6 is 0 Å². The Balaban J connectivity index is 1.60. The molecule has 0 aliphatic heterocycles. The molecular formula is C17H18N2O3. The van der Waals surface area contributed by atoms with Gasteiger partial charge in [0.05, 0.1) is 0 Å².